The molecule has 2 rings (SSSR count). The van der Waals surface area contributed by atoms with Gasteiger partial charge in [0.1, 0.15) is 0 Å². The van der Waals surface area contributed by atoms with Gasteiger partial charge in [0.25, 0.3) is 0 Å². The summed E-state index contributed by atoms with van der Waals surface area (Å²) in [5.74, 6) is 0.917. The molecule has 25 heavy (non-hydrogen) atoms. The van der Waals surface area contributed by atoms with Crippen LogP contribution in [-0.2, 0) is 64.4 Å². The molecule has 0 aromatic heterocycles. The van der Waals surface area contributed by atoms with Crippen LogP contribution in [0.3, 0.4) is 0 Å². The number of rotatable bonds is 2. The zero-order valence-corrected chi connectivity index (χ0v) is 21.9. The van der Waals surface area contributed by atoms with Crippen LogP contribution in [0.25, 0.3) is 0 Å². The molecule has 0 amide bonds. The molecular weight excluding hydrogens is 494 g/mol. The van der Waals surface area contributed by atoms with Gasteiger partial charge in [0, 0.05) is 26.2 Å². The van der Waals surface area contributed by atoms with Crippen LogP contribution in [0.15, 0.2) is 0 Å². The molecule has 0 aliphatic carbocycles. The van der Waals surface area contributed by atoms with E-state index >= 15 is 0 Å². The second kappa shape index (κ2) is 10.3. The summed E-state index contributed by atoms with van der Waals surface area (Å²) in [4.78, 5) is 3.38. The molecule has 6 nitrogen and oxygen atoms in total. The minimum absolute atomic E-state index is 0. The molecule has 0 bridgehead atoms. The van der Waals surface area contributed by atoms with Crippen LogP contribution in [0.4, 0.5) is 0 Å². The van der Waals surface area contributed by atoms with Crippen LogP contribution in [0.1, 0.15) is 12.8 Å². The van der Waals surface area contributed by atoms with Gasteiger partial charge in [-0.25, -0.2) is 16.8 Å². The summed E-state index contributed by atoms with van der Waals surface area (Å²) in [6.07, 6.45) is 1.30. The molecule has 2 unspecified atom stereocenters. The van der Waals surface area contributed by atoms with Crippen molar-refractivity contribution in [1.82, 2.24) is 9.80 Å². The Bertz CT molecular complexity index is 636. The predicted octanol–water partition coefficient (Wildman–Crippen LogP) is -0.128. The summed E-state index contributed by atoms with van der Waals surface area (Å²) in [5, 5.41) is 0. The largest absolute Gasteiger partial charge is 2.00 e. The number of sulfone groups is 2. The van der Waals surface area contributed by atoms with Crippen molar-refractivity contribution in [3.8, 4) is 0 Å². The summed E-state index contributed by atoms with van der Waals surface area (Å²) >= 11 is 19.1. The Morgan fingerprint density at radius 1 is 0.840 bits per heavy atom. The Kier molecular flexibility index (Phi) is 10.6. The summed E-state index contributed by atoms with van der Waals surface area (Å²) in [7, 11) is -2.14. The van der Waals surface area contributed by atoms with E-state index in [1.807, 2.05) is 0 Å². The molecule has 2 atom stereocenters. The molecule has 13 heteroatoms. The van der Waals surface area contributed by atoms with E-state index in [4.69, 9.17) is 49.7 Å². The van der Waals surface area contributed by atoms with E-state index in [0.29, 0.717) is 21.5 Å². The van der Waals surface area contributed by atoms with Crippen molar-refractivity contribution in [3.05, 3.63) is 0 Å². The van der Waals surface area contributed by atoms with Crippen molar-refractivity contribution >= 4 is 78.0 Å². The maximum Gasteiger partial charge on any atom is 2.00 e. The van der Waals surface area contributed by atoms with Gasteiger partial charge in [-0.1, -0.05) is 8.64 Å². The van der Waals surface area contributed by atoms with E-state index in [1.54, 1.807) is 23.9 Å². The van der Waals surface area contributed by atoms with Crippen LogP contribution in [0.2, 0.25) is 0 Å². The minimum atomic E-state index is -2.82. The Balaban J connectivity index is 0.000000443. The minimum Gasteiger partial charge on any atom is -0.411 e. The van der Waals surface area contributed by atoms with Gasteiger partial charge in [0.15, 0.2) is 19.7 Å². The number of hydrogen-bond donors (Lipinski definition) is 0. The average Bonchev–Trinajstić information content (AvgIpc) is 2.99. The fraction of sp³-hybridized carbons (Fsp3) is 0.833. The smallest absolute Gasteiger partial charge is 0.411 e. The molecule has 0 aromatic rings. The first kappa shape index (κ1) is 25.7. The van der Waals surface area contributed by atoms with E-state index in [0.717, 1.165) is 0 Å². The first-order chi connectivity index (χ1) is 10.8. The van der Waals surface area contributed by atoms with Gasteiger partial charge in [-0.2, -0.15) is 0 Å². The van der Waals surface area contributed by atoms with E-state index in [2.05, 4.69) is 0 Å². The van der Waals surface area contributed by atoms with Gasteiger partial charge in [-0.3, -0.25) is 0 Å². The van der Waals surface area contributed by atoms with Gasteiger partial charge in [-0.05, 0) is 12.8 Å². The van der Waals surface area contributed by atoms with Crippen molar-refractivity contribution in [2.24, 2.45) is 0 Å². The number of thiocarbonyl (C=S) groups is 2. The molecule has 0 saturated carbocycles. The molecule has 0 radical (unpaired) electrons. The Morgan fingerprint density at radius 2 is 1.12 bits per heavy atom. The molecule has 2 heterocycles. The topological polar surface area (TPSA) is 74.8 Å². The van der Waals surface area contributed by atoms with Crippen LogP contribution < -0.4 is 0 Å². The van der Waals surface area contributed by atoms with E-state index < -0.39 is 19.7 Å². The second-order valence-electron chi connectivity index (χ2n) is 5.87. The van der Waals surface area contributed by atoms with Gasteiger partial charge in [-0.15, -0.1) is 0 Å². The molecular formula is C12H20N2O4S6Zn. The normalized spacial score (nSPS) is 25.8. The van der Waals surface area contributed by atoms with Crippen molar-refractivity contribution in [1.29, 1.82) is 0 Å². The second-order valence-corrected chi connectivity index (χ2v) is 12.4. The van der Waals surface area contributed by atoms with Crippen molar-refractivity contribution in [3.63, 3.8) is 0 Å². The maximum absolute atomic E-state index is 11.1. The molecule has 0 N–H and O–H groups in total. The third-order valence-corrected chi connectivity index (χ3v) is 8.74. The van der Waals surface area contributed by atoms with Gasteiger partial charge >= 0.3 is 19.5 Å². The first-order valence-corrected chi connectivity index (χ1v) is 12.4. The first-order valence-electron chi connectivity index (χ1n) is 7.13. The standard InChI is InChI=1S/2C6H11NO2S3.Zn/c2*1-7(6(10)11)5-2-3-12(8,9)4-5;/h2*5H,2-4H2,1H3,(H,10,11);/q;;+2/p-2. The van der Waals surface area contributed by atoms with Gasteiger partial charge < -0.3 is 59.5 Å². The molecule has 0 aromatic carbocycles. The van der Waals surface area contributed by atoms with Crippen LogP contribution in [-0.4, -0.2) is 84.5 Å². The summed E-state index contributed by atoms with van der Waals surface area (Å²) in [6.45, 7) is 0. The molecule has 2 saturated heterocycles. The van der Waals surface area contributed by atoms with Crippen molar-refractivity contribution in [2.45, 2.75) is 24.9 Å². The van der Waals surface area contributed by atoms with Gasteiger partial charge in [0.2, 0.25) is 0 Å². The van der Waals surface area contributed by atoms with Gasteiger partial charge in [0.05, 0.1) is 23.0 Å². The van der Waals surface area contributed by atoms with Crippen LogP contribution in [0, 0.1) is 0 Å². The zero-order chi connectivity index (χ0) is 18.7. The number of nitrogens with zero attached hydrogens (tertiary/aromatic N) is 2. The molecule has 0 spiro atoms. The van der Waals surface area contributed by atoms with Crippen LogP contribution >= 0.6 is 24.4 Å². The van der Waals surface area contributed by atoms with Crippen molar-refractivity contribution < 1.29 is 36.3 Å². The molecule has 2 aliphatic rings. The Hall–Kier alpha value is 0.743. The Labute approximate surface area is 184 Å². The fourth-order valence-electron chi connectivity index (χ4n) is 2.46. The fourth-order valence-corrected chi connectivity index (χ4v) is 6.60. The van der Waals surface area contributed by atoms with Crippen LogP contribution in [0.5, 0.6) is 0 Å². The Morgan fingerprint density at radius 3 is 1.28 bits per heavy atom. The summed E-state index contributed by atoms with van der Waals surface area (Å²) in [5.41, 5.74) is 0. The quantitative estimate of drug-likeness (QED) is 0.283. The third kappa shape index (κ3) is 8.53. The number of hydrogen-bond acceptors (Lipinski definition) is 8. The summed E-state index contributed by atoms with van der Waals surface area (Å²) < 4.78 is 44.9. The molecule has 2 aliphatic heterocycles. The SMILES string of the molecule is CN(C(=S)[S-])C1CCS(=O)(=O)C1.CN(C(=S)[S-])C1CCS(=O)(=O)C1.[Zn+2]. The monoisotopic (exact) mass is 512 g/mol. The summed E-state index contributed by atoms with van der Waals surface area (Å²) in [6, 6.07) is -0.000000000000000444. The predicted molar refractivity (Wildman–Crippen MR) is 110 cm³/mol. The van der Waals surface area contributed by atoms with E-state index in [9.17, 15) is 16.8 Å². The molecule has 2 fully saturated rings. The van der Waals surface area contributed by atoms with Crippen molar-refractivity contribution in [2.75, 3.05) is 37.1 Å². The molecule has 140 valence electrons. The maximum atomic E-state index is 11.1. The van der Waals surface area contributed by atoms with E-state index in [-0.39, 0.29) is 54.6 Å². The van der Waals surface area contributed by atoms with E-state index in [1.165, 1.54) is 0 Å². The average molecular weight is 514 g/mol. The third-order valence-electron chi connectivity index (χ3n) is 4.09. The zero-order valence-electron chi connectivity index (χ0n) is 14.1.